The molecule has 1 aliphatic rings. The van der Waals surface area contributed by atoms with E-state index in [0.717, 1.165) is 35.8 Å². The van der Waals surface area contributed by atoms with Crippen LogP contribution in [-0.4, -0.2) is 29.3 Å². The monoisotopic (exact) mass is 443 g/mol. The van der Waals surface area contributed by atoms with Crippen molar-refractivity contribution >= 4 is 45.9 Å². The van der Waals surface area contributed by atoms with Gasteiger partial charge in [-0.3, -0.25) is 19.7 Å². The SMILES string of the molecule is CC1CCc2c(sc(NC(=O)COC(=O)/C=C/c3ccccc3[N+](=O)[O-])c2C(N)=O)C1. The van der Waals surface area contributed by atoms with E-state index in [2.05, 4.69) is 12.2 Å². The van der Waals surface area contributed by atoms with Crippen molar-refractivity contribution in [1.29, 1.82) is 0 Å². The maximum absolute atomic E-state index is 12.2. The second kappa shape index (κ2) is 9.52. The quantitative estimate of drug-likeness (QED) is 0.291. The Bertz CT molecular complexity index is 1080. The fourth-order valence-corrected chi connectivity index (χ4v) is 4.83. The Kier molecular flexibility index (Phi) is 6.81. The number of fused-ring (bicyclic) bond motifs is 1. The molecule has 2 aromatic rings. The molecule has 1 aromatic carbocycles. The Balaban J connectivity index is 1.61. The van der Waals surface area contributed by atoms with Gasteiger partial charge in [-0.1, -0.05) is 19.1 Å². The molecule has 2 amide bonds. The maximum Gasteiger partial charge on any atom is 0.331 e. The predicted octanol–water partition coefficient (Wildman–Crippen LogP) is 3.08. The molecule has 9 nitrogen and oxygen atoms in total. The van der Waals surface area contributed by atoms with E-state index in [4.69, 9.17) is 10.5 Å². The van der Waals surface area contributed by atoms with Crippen LogP contribution in [-0.2, 0) is 27.2 Å². The number of nitrogens with two attached hydrogens (primary N) is 1. The molecule has 0 fully saturated rings. The van der Waals surface area contributed by atoms with Crippen molar-refractivity contribution in [2.45, 2.75) is 26.2 Å². The van der Waals surface area contributed by atoms with Gasteiger partial charge in [0.2, 0.25) is 0 Å². The number of nitrogens with zero attached hydrogens (tertiary/aromatic N) is 1. The minimum Gasteiger partial charge on any atom is -0.452 e. The lowest BCUT2D eigenvalue weighted by Gasteiger charge is -2.18. The van der Waals surface area contributed by atoms with Crippen LogP contribution in [0.2, 0.25) is 0 Å². The lowest BCUT2D eigenvalue weighted by molar-refractivity contribution is -0.385. The number of nitro groups is 1. The number of nitrogens with one attached hydrogen (secondary N) is 1. The molecule has 1 heterocycles. The molecule has 1 unspecified atom stereocenters. The van der Waals surface area contributed by atoms with Gasteiger partial charge in [0.25, 0.3) is 17.5 Å². The fraction of sp³-hybridized carbons (Fsp3) is 0.286. The third-order valence-corrected chi connectivity index (χ3v) is 6.06. The standard InChI is InChI=1S/C21H21N3O6S/c1-12-6-8-14-16(10-12)31-21(19(14)20(22)27)23-17(25)11-30-18(26)9-7-13-4-2-3-5-15(13)24(28)29/h2-5,7,9,12H,6,8,10-11H2,1H3,(H2,22,27)(H,23,25)/b9-7+. The van der Waals surface area contributed by atoms with Crippen LogP contribution in [0.1, 0.15) is 39.7 Å². The molecule has 3 N–H and O–H groups in total. The molecule has 0 saturated carbocycles. The van der Waals surface area contributed by atoms with E-state index in [0.29, 0.717) is 16.5 Å². The van der Waals surface area contributed by atoms with Gasteiger partial charge in [-0.2, -0.15) is 0 Å². The predicted molar refractivity (Wildman–Crippen MR) is 116 cm³/mol. The Morgan fingerprint density at radius 2 is 2.10 bits per heavy atom. The molecule has 31 heavy (non-hydrogen) atoms. The van der Waals surface area contributed by atoms with E-state index in [1.54, 1.807) is 6.07 Å². The van der Waals surface area contributed by atoms with Gasteiger partial charge < -0.3 is 15.8 Å². The number of thiophene rings is 1. The Morgan fingerprint density at radius 1 is 1.35 bits per heavy atom. The molecule has 0 bridgehead atoms. The number of benzene rings is 1. The summed E-state index contributed by atoms with van der Waals surface area (Å²) in [5.74, 6) is -1.56. The third-order valence-electron chi connectivity index (χ3n) is 4.89. The highest BCUT2D eigenvalue weighted by molar-refractivity contribution is 7.17. The molecule has 1 aliphatic carbocycles. The van der Waals surface area contributed by atoms with Gasteiger partial charge >= 0.3 is 5.97 Å². The van der Waals surface area contributed by atoms with Crippen LogP contribution < -0.4 is 11.1 Å². The van der Waals surface area contributed by atoms with Crippen molar-refractivity contribution < 1.29 is 24.0 Å². The molecule has 10 heteroatoms. The first kappa shape index (κ1) is 22.2. The van der Waals surface area contributed by atoms with Crippen molar-refractivity contribution in [3.8, 4) is 0 Å². The maximum atomic E-state index is 12.2. The largest absolute Gasteiger partial charge is 0.452 e. The molecular formula is C21H21N3O6S. The van der Waals surface area contributed by atoms with Crippen LogP contribution in [0.25, 0.3) is 6.08 Å². The zero-order valence-electron chi connectivity index (χ0n) is 16.8. The van der Waals surface area contributed by atoms with Crippen LogP contribution in [0.5, 0.6) is 0 Å². The van der Waals surface area contributed by atoms with Crippen molar-refractivity contribution in [3.63, 3.8) is 0 Å². The van der Waals surface area contributed by atoms with Gasteiger partial charge in [0.05, 0.1) is 16.1 Å². The van der Waals surface area contributed by atoms with Crippen LogP contribution in [0.4, 0.5) is 10.7 Å². The number of carbonyl (C=O) groups is 3. The zero-order chi connectivity index (χ0) is 22.5. The van der Waals surface area contributed by atoms with Gasteiger partial charge in [-0.05, 0) is 42.9 Å². The van der Waals surface area contributed by atoms with E-state index in [1.165, 1.54) is 35.6 Å². The summed E-state index contributed by atoms with van der Waals surface area (Å²) < 4.78 is 4.90. The summed E-state index contributed by atoms with van der Waals surface area (Å²) in [6.45, 7) is 1.55. The summed E-state index contributed by atoms with van der Waals surface area (Å²) in [4.78, 5) is 47.5. The molecule has 1 atom stereocenters. The number of primary amides is 1. The average Bonchev–Trinajstić information content (AvgIpc) is 3.07. The van der Waals surface area contributed by atoms with Crippen LogP contribution in [0.15, 0.2) is 30.3 Å². The number of carbonyl (C=O) groups excluding carboxylic acids is 3. The van der Waals surface area contributed by atoms with Crippen molar-refractivity contribution in [2.24, 2.45) is 11.7 Å². The third kappa shape index (κ3) is 5.34. The Morgan fingerprint density at radius 3 is 2.81 bits per heavy atom. The lowest BCUT2D eigenvalue weighted by atomic mass is 9.88. The van der Waals surface area contributed by atoms with Crippen LogP contribution in [0, 0.1) is 16.0 Å². The van der Waals surface area contributed by atoms with Crippen LogP contribution in [0.3, 0.4) is 0 Å². The molecule has 0 radical (unpaired) electrons. The first-order valence-corrected chi connectivity index (χ1v) is 10.4. The highest BCUT2D eigenvalue weighted by Crippen LogP contribution is 2.39. The summed E-state index contributed by atoms with van der Waals surface area (Å²) in [7, 11) is 0. The minimum atomic E-state index is -0.831. The smallest absolute Gasteiger partial charge is 0.331 e. The molecule has 3 rings (SSSR count). The highest BCUT2D eigenvalue weighted by Gasteiger charge is 2.27. The van der Waals surface area contributed by atoms with Gasteiger partial charge in [0.15, 0.2) is 6.61 Å². The Hall–Kier alpha value is -3.53. The molecule has 162 valence electrons. The summed E-state index contributed by atoms with van der Waals surface area (Å²) in [5, 5.41) is 14.0. The number of rotatable bonds is 7. The number of para-hydroxylation sites is 1. The number of hydrogen-bond acceptors (Lipinski definition) is 7. The summed E-state index contributed by atoms with van der Waals surface area (Å²) in [5.41, 5.74) is 6.81. The normalized spacial score (nSPS) is 15.3. The fourth-order valence-electron chi connectivity index (χ4n) is 3.40. The average molecular weight is 443 g/mol. The summed E-state index contributed by atoms with van der Waals surface area (Å²) >= 11 is 1.32. The van der Waals surface area contributed by atoms with Crippen molar-refractivity contribution in [1.82, 2.24) is 0 Å². The zero-order valence-corrected chi connectivity index (χ0v) is 17.6. The van der Waals surface area contributed by atoms with E-state index in [9.17, 15) is 24.5 Å². The Labute approximate surface area is 182 Å². The first-order chi connectivity index (χ1) is 14.8. The molecule has 1 aromatic heterocycles. The lowest BCUT2D eigenvalue weighted by Crippen LogP contribution is -2.22. The van der Waals surface area contributed by atoms with Gasteiger partial charge in [0.1, 0.15) is 5.00 Å². The van der Waals surface area contributed by atoms with Crippen molar-refractivity contribution in [2.75, 3.05) is 11.9 Å². The summed E-state index contributed by atoms with van der Waals surface area (Å²) in [6, 6.07) is 5.92. The number of ether oxygens (including phenoxy) is 1. The van der Waals surface area contributed by atoms with Crippen LogP contribution >= 0.6 is 11.3 Å². The summed E-state index contributed by atoms with van der Waals surface area (Å²) in [6.07, 6.45) is 4.75. The van der Waals surface area contributed by atoms with Crippen molar-refractivity contribution in [3.05, 3.63) is 62.0 Å². The van der Waals surface area contributed by atoms with Gasteiger partial charge in [-0.25, -0.2) is 4.79 Å². The highest BCUT2D eigenvalue weighted by atomic mass is 32.1. The number of hydrogen-bond donors (Lipinski definition) is 2. The van der Waals surface area contributed by atoms with Gasteiger partial charge in [-0.15, -0.1) is 11.3 Å². The van der Waals surface area contributed by atoms with Gasteiger partial charge in [0, 0.05) is 17.0 Å². The van der Waals surface area contributed by atoms with E-state index in [1.807, 2.05) is 0 Å². The second-order valence-electron chi connectivity index (χ2n) is 7.23. The topological polar surface area (TPSA) is 142 Å². The van der Waals surface area contributed by atoms with E-state index < -0.39 is 29.3 Å². The van der Waals surface area contributed by atoms with E-state index >= 15 is 0 Å². The molecule has 0 saturated heterocycles. The number of anilines is 1. The number of amides is 2. The second-order valence-corrected chi connectivity index (χ2v) is 8.33. The van der Waals surface area contributed by atoms with E-state index in [-0.39, 0.29) is 11.3 Å². The molecular weight excluding hydrogens is 422 g/mol. The molecule has 0 spiro atoms. The minimum absolute atomic E-state index is 0.153. The first-order valence-electron chi connectivity index (χ1n) is 9.58. The number of nitro benzene ring substituents is 1. The number of esters is 1. The molecule has 0 aliphatic heterocycles.